The Labute approximate surface area is 179 Å². The highest BCUT2D eigenvalue weighted by Crippen LogP contribution is 2.39. The van der Waals surface area contributed by atoms with Crippen molar-refractivity contribution >= 4 is 40.3 Å². The van der Waals surface area contributed by atoms with Crippen molar-refractivity contribution in [1.29, 1.82) is 0 Å². The van der Waals surface area contributed by atoms with Gasteiger partial charge < -0.3 is 10.2 Å². The van der Waals surface area contributed by atoms with Gasteiger partial charge in [-0.2, -0.15) is 0 Å². The van der Waals surface area contributed by atoms with Crippen LogP contribution < -0.4 is 4.90 Å². The van der Waals surface area contributed by atoms with Crippen LogP contribution in [0.25, 0.3) is 6.08 Å². The summed E-state index contributed by atoms with van der Waals surface area (Å²) in [7, 11) is 0. The van der Waals surface area contributed by atoms with E-state index in [-0.39, 0.29) is 17.4 Å². The summed E-state index contributed by atoms with van der Waals surface area (Å²) in [6.07, 6.45) is 1.62. The first-order valence-electron chi connectivity index (χ1n) is 9.40. The first-order valence-corrected chi connectivity index (χ1v) is 10.2. The van der Waals surface area contributed by atoms with Gasteiger partial charge >= 0.3 is 0 Å². The molecule has 2 N–H and O–H groups in total. The molecule has 0 bridgehead atoms. The summed E-state index contributed by atoms with van der Waals surface area (Å²) in [5, 5.41) is 20.2. The number of hydrogen-bond acceptors (Lipinski definition) is 5. The van der Waals surface area contributed by atoms with Crippen molar-refractivity contribution in [3.8, 4) is 11.5 Å². The highest BCUT2D eigenvalue weighted by atomic mass is 32.2. The van der Waals surface area contributed by atoms with Crippen LogP contribution in [0.1, 0.15) is 16.7 Å². The van der Waals surface area contributed by atoms with E-state index in [0.717, 1.165) is 22.5 Å². The summed E-state index contributed by atoms with van der Waals surface area (Å²) in [6, 6.07) is 19.7. The van der Waals surface area contributed by atoms with E-state index in [1.54, 1.807) is 17.0 Å². The number of para-hydroxylation sites is 2. The normalized spacial score (nSPS) is 16.6. The highest BCUT2D eigenvalue weighted by Gasteiger charge is 2.35. The lowest BCUT2D eigenvalue weighted by Gasteiger charge is -2.18. The number of carbonyl (C=O) groups excluding carboxylic acids is 1. The maximum absolute atomic E-state index is 13.4. The molecule has 6 heteroatoms. The molecular formula is C24H20N2O3S. The van der Waals surface area contributed by atoms with Crippen LogP contribution >= 0.6 is 11.8 Å². The number of hydrogen-bond donors (Lipinski definition) is 2. The number of phenols is 2. The molecule has 30 heavy (non-hydrogen) atoms. The van der Waals surface area contributed by atoms with Crippen molar-refractivity contribution in [1.82, 2.24) is 0 Å². The monoisotopic (exact) mass is 416 g/mol. The van der Waals surface area contributed by atoms with E-state index in [2.05, 4.69) is 0 Å². The van der Waals surface area contributed by atoms with E-state index in [1.165, 1.54) is 23.9 Å². The molecule has 1 amide bonds. The maximum Gasteiger partial charge on any atom is 0.271 e. The first kappa shape index (κ1) is 19.8. The van der Waals surface area contributed by atoms with Crippen LogP contribution in [0.4, 0.5) is 11.4 Å². The topological polar surface area (TPSA) is 73.1 Å². The van der Waals surface area contributed by atoms with Gasteiger partial charge in [-0.25, -0.2) is 4.99 Å². The molecule has 5 nitrogen and oxygen atoms in total. The zero-order valence-electron chi connectivity index (χ0n) is 16.5. The van der Waals surface area contributed by atoms with E-state index in [4.69, 9.17) is 4.99 Å². The SMILES string of the molecule is Cc1ccccc1N=C1S/C(=C/c2ccc(O)cc2O)C(=O)N1c1ccccc1C. The number of aliphatic imine (C=N–C) groups is 1. The average Bonchev–Trinajstić information content (AvgIpc) is 3.01. The van der Waals surface area contributed by atoms with Gasteiger partial charge in [-0.15, -0.1) is 0 Å². The van der Waals surface area contributed by atoms with Crippen LogP contribution in [0.2, 0.25) is 0 Å². The number of phenolic OH excluding ortho intramolecular Hbond substituents is 2. The molecular weight excluding hydrogens is 396 g/mol. The first-order chi connectivity index (χ1) is 14.4. The zero-order chi connectivity index (χ0) is 21.3. The third kappa shape index (κ3) is 3.82. The van der Waals surface area contributed by atoms with E-state index < -0.39 is 0 Å². The number of nitrogens with zero attached hydrogens (tertiary/aromatic N) is 2. The van der Waals surface area contributed by atoms with Crippen LogP contribution in [0.15, 0.2) is 76.6 Å². The van der Waals surface area contributed by atoms with Gasteiger partial charge in [0.2, 0.25) is 0 Å². The number of thioether (sulfide) groups is 1. The summed E-state index contributed by atoms with van der Waals surface area (Å²) in [5.41, 5.74) is 3.97. The fourth-order valence-electron chi connectivity index (χ4n) is 3.16. The fourth-order valence-corrected chi connectivity index (χ4v) is 4.14. The Morgan fingerprint density at radius 1 is 0.933 bits per heavy atom. The molecule has 1 aliphatic heterocycles. The van der Waals surface area contributed by atoms with Crippen molar-refractivity contribution in [3.63, 3.8) is 0 Å². The van der Waals surface area contributed by atoms with Gasteiger partial charge in [-0.1, -0.05) is 36.4 Å². The van der Waals surface area contributed by atoms with E-state index in [9.17, 15) is 15.0 Å². The number of aromatic hydroxyl groups is 2. The van der Waals surface area contributed by atoms with Crippen LogP contribution in [-0.4, -0.2) is 21.3 Å². The number of carbonyl (C=O) groups is 1. The lowest BCUT2D eigenvalue weighted by atomic mass is 10.1. The number of aryl methyl sites for hydroxylation is 2. The Hall–Kier alpha value is -3.51. The van der Waals surface area contributed by atoms with E-state index in [1.807, 2.05) is 62.4 Å². The fraction of sp³-hybridized carbons (Fsp3) is 0.0833. The Bertz CT molecular complexity index is 1200. The van der Waals surface area contributed by atoms with Crippen LogP contribution in [-0.2, 0) is 4.79 Å². The average molecular weight is 417 g/mol. The number of amidine groups is 1. The van der Waals surface area contributed by atoms with Crippen molar-refractivity contribution in [2.24, 2.45) is 4.99 Å². The number of rotatable bonds is 3. The molecule has 1 aliphatic rings. The molecule has 0 spiro atoms. The predicted octanol–water partition coefficient (Wildman–Crippen LogP) is 5.52. The lowest BCUT2D eigenvalue weighted by molar-refractivity contribution is -0.113. The minimum atomic E-state index is -0.214. The molecule has 4 rings (SSSR count). The van der Waals surface area contributed by atoms with Gasteiger partial charge in [0.1, 0.15) is 11.5 Å². The lowest BCUT2D eigenvalue weighted by Crippen LogP contribution is -2.29. The number of benzene rings is 3. The summed E-state index contributed by atoms with van der Waals surface area (Å²) in [4.78, 5) is 20.2. The molecule has 0 aromatic heterocycles. The number of anilines is 1. The van der Waals surface area contributed by atoms with Crippen molar-refractivity contribution in [3.05, 3.63) is 88.3 Å². The Kier molecular flexibility index (Phi) is 5.33. The quantitative estimate of drug-likeness (QED) is 0.551. The molecule has 1 saturated heterocycles. The summed E-state index contributed by atoms with van der Waals surface area (Å²) < 4.78 is 0. The van der Waals surface area contributed by atoms with Gasteiger partial charge in [0, 0.05) is 11.6 Å². The van der Waals surface area contributed by atoms with Crippen molar-refractivity contribution in [2.45, 2.75) is 13.8 Å². The molecule has 1 fully saturated rings. The van der Waals surface area contributed by atoms with Crippen molar-refractivity contribution in [2.75, 3.05) is 4.90 Å². The summed E-state index contributed by atoms with van der Waals surface area (Å²) in [6.45, 7) is 3.93. The molecule has 0 unspecified atom stereocenters. The van der Waals surface area contributed by atoms with Gasteiger partial charge in [-0.05, 0) is 67.1 Å². The Balaban J connectivity index is 1.83. The second-order valence-electron chi connectivity index (χ2n) is 6.96. The molecule has 3 aromatic rings. The molecule has 0 radical (unpaired) electrons. The van der Waals surface area contributed by atoms with Crippen molar-refractivity contribution < 1.29 is 15.0 Å². The molecule has 3 aromatic carbocycles. The van der Waals surface area contributed by atoms with E-state index >= 15 is 0 Å². The van der Waals surface area contributed by atoms with Crippen LogP contribution in [0.5, 0.6) is 11.5 Å². The molecule has 150 valence electrons. The highest BCUT2D eigenvalue weighted by molar-refractivity contribution is 8.19. The minimum Gasteiger partial charge on any atom is -0.508 e. The van der Waals surface area contributed by atoms with E-state index in [0.29, 0.717) is 15.6 Å². The largest absolute Gasteiger partial charge is 0.508 e. The van der Waals surface area contributed by atoms with Gasteiger partial charge in [-0.3, -0.25) is 9.69 Å². The van der Waals surface area contributed by atoms with Gasteiger partial charge in [0.05, 0.1) is 16.3 Å². The second kappa shape index (κ2) is 8.08. The standard InChI is InChI=1S/C24H20N2O3S/c1-15-7-3-5-9-19(15)25-24-26(20-10-6-4-8-16(20)2)23(29)22(30-24)13-17-11-12-18(27)14-21(17)28/h3-14,27-28H,1-2H3/b22-13+,25-24?. The Morgan fingerprint density at radius 2 is 1.63 bits per heavy atom. The predicted molar refractivity (Wildman–Crippen MR) is 122 cm³/mol. The molecule has 1 heterocycles. The molecule has 0 aliphatic carbocycles. The zero-order valence-corrected chi connectivity index (χ0v) is 17.4. The maximum atomic E-state index is 13.4. The van der Waals surface area contributed by atoms with Gasteiger partial charge in [0.25, 0.3) is 5.91 Å². The van der Waals surface area contributed by atoms with Crippen LogP contribution in [0.3, 0.4) is 0 Å². The third-order valence-corrected chi connectivity index (χ3v) is 5.76. The summed E-state index contributed by atoms with van der Waals surface area (Å²) >= 11 is 1.26. The smallest absolute Gasteiger partial charge is 0.271 e. The van der Waals surface area contributed by atoms with Crippen LogP contribution in [0, 0.1) is 13.8 Å². The molecule has 0 atom stereocenters. The summed E-state index contributed by atoms with van der Waals surface area (Å²) in [5.74, 6) is -0.347. The van der Waals surface area contributed by atoms with Gasteiger partial charge in [0.15, 0.2) is 5.17 Å². The second-order valence-corrected chi connectivity index (χ2v) is 7.97. The Morgan fingerprint density at radius 3 is 2.33 bits per heavy atom. The number of amides is 1. The third-order valence-electron chi connectivity index (χ3n) is 4.79. The minimum absolute atomic E-state index is 0.0385. The molecule has 0 saturated carbocycles.